The quantitative estimate of drug-likeness (QED) is 0.514. The Balaban J connectivity index is 1.77. The minimum atomic E-state index is -0.756. The molecule has 0 fully saturated rings. The summed E-state index contributed by atoms with van der Waals surface area (Å²) in [5, 5.41) is 6.01. The zero-order valence-corrected chi connectivity index (χ0v) is 18.4. The van der Waals surface area contributed by atoms with Gasteiger partial charge >= 0.3 is 0 Å². The van der Waals surface area contributed by atoms with Crippen LogP contribution in [0.25, 0.3) is 0 Å². The van der Waals surface area contributed by atoms with E-state index in [1.54, 1.807) is 30.1 Å². The fraction of sp³-hybridized carbons (Fsp3) is 0.167. The van der Waals surface area contributed by atoms with Crippen molar-refractivity contribution in [1.82, 2.24) is 4.90 Å². The van der Waals surface area contributed by atoms with Gasteiger partial charge in [0, 0.05) is 10.7 Å². The zero-order valence-electron chi connectivity index (χ0n) is 17.6. The zero-order chi connectivity index (χ0) is 23.1. The number of amides is 2. The molecule has 8 heteroatoms. The summed E-state index contributed by atoms with van der Waals surface area (Å²) in [6.07, 6.45) is 0. The van der Waals surface area contributed by atoms with Crippen molar-refractivity contribution in [3.8, 4) is 5.75 Å². The molecule has 0 spiro atoms. The van der Waals surface area contributed by atoms with Crippen molar-refractivity contribution in [2.24, 2.45) is 0 Å². The molecule has 0 aliphatic heterocycles. The van der Waals surface area contributed by atoms with Gasteiger partial charge in [-0.2, -0.15) is 0 Å². The van der Waals surface area contributed by atoms with Crippen molar-refractivity contribution in [3.05, 3.63) is 89.2 Å². The first kappa shape index (κ1) is 23.2. The van der Waals surface area contributed by atoms with Crippen molar-refractivity contribution in [2.45, 2.75) is 6.04 Å². The molecule has 1 atom stereocenters. The third-order valence-electron chi connectivity index (χ3n) is 4.74. The molecule has 0 saturated heterocycles. The van der Waals surface area contributed by atoms with Gasteiger partial charge in [0.1, 0.15) is 17.6 Å². The molecular formula is C24H23ClFN3O3. The smallest absolute Gasteiger partial charge is 0.246 e. The van der Waals surface area contributed by atoms with Gasteiger partial charge in [-0.3, -0.25) is 14.5 Å². The van der Waals surface area contributed by atoms with Gasteiger partial charge in [0.15, 0.2) is 0 Å². The topological polar surface area (TPSA) is 70.7 Å². The second kappa shape index (κ2) is 10.7. The maximum atomic E-state index is 13.2. The summed E-state index contributed by atoms with van der Waals surface area (Å²) in [4.78, 5) is 27.5. The molecule has 3 aromatic carbocycles. The van der Waals surface area contributed by atoms with Crippen LogP contribution in [0.4, 0.5) is 15.8 Å². The highest BCUT2D eigenvalue weighted by Crippen LogP contribution is 2.28. The molecule has 6 nitrogen and oxygen atoms in total. The number of ether oxygens (including phenoxy) is 1. The van der Waals surface area contributed by atoms with Crippen LogP contribution < -0.4 is 15.4 Å². The Bertz CT molecular complexity index is 1080. The molecule has 0 saturated carbocycles. The van der Waals surface area contributed by atoms with E-state index in [1.165, 1.54) is 31.4 Å². The number of hydrogen-bond acceptors (Lipinski definition) is 4. The Labute approximate surface area is 191 Å². The molecule has 0 aliphatic rings. The van der Waals surface area contributed by atoms with E-state index in [-0.39, 0.29) is 18.4 Å². The number of carbonyl (C=O) groups is 2. The highest BCUT2D eigenvalue weighted by Gasteiger charge is 2.27. The minimum Gasteiger partial charge on any atom is -0.495 e. The van der Waals surface area contributed by atoms with Crippen LogP contribution in [0.2, 0.25) is 5.02 Å². The van der Waals surface area contributed by atoms with E-state index in [4.69, 9.17) is 16.3 Å². The molecule has 0 bridgehead atoms. The Hall–Kier alpha value is -3.42. The van der Waals surface area contributed by atoms with Crippen molar-refractivity contribution in [3.63, 3.8) is 0 Å². The number of nitrogens with one attached hydrogen (secondary N) is 2. The van der Waals surface area contributed by atoms with Crippen LogP contribution in [0.5, 0.6) is 5.75 Å². The number of methoxy groups -OCH3 is 1. The van der Waals surface area contributed by atoms with Gasteiger partial charge in [-0.15, -0.1) is 0 Å². The third kappa shape index (κ3) is 6.06. The Kier molecular flexibility index (Phi) is 7.81. The molecule has 2 amide bonds. The standard InChI is InChI=1S/C24H23ClFN3O3/c1-29(15-22(30)28-20-14-17(25)8-13-21(20)32-2)23(16-6-4-3-5-7-16)24(31)27-19-11-9-18(26)10-12-19/h3-14,23H,15H2,1-2H3,(H,27,31)(H,28,30)/t23-/m0/s1. The fourth-order valence-electron chi connectivity index (χ4n) is 3.27. The normalized spacial score (nSPS) is 11.7. The van der Waals surface area contributed by atoms with Crippen LogP contribution in [0.15, 0.2) is 72.8 Å². The molecule has 0 radical (unpaired) electrons. The van der Waals surface area contributed by atoms with Gasteiger partial charge in [-0.05, 0) is 55.1 Å². The lowest BCUT2D eigenvalue weighted by molar-refractivity contribution is -0.123. The Morgan fingerprint density at radius 1 is 1.03 bits per heavy atom. The second-order valence-electron chi connectivity index (χ2n) is 7.12. The van der Waals surface area contributed by atoms with Gasteiger partial charge in [-0.1, -0.05) is 41.9 Å². The number of hydrogen-bond donors (Lipinski definition) is 2. The van der Waals surface area contributed by atoms with Crippen LogP contribution in [0, 0.1) is 5.82 Å². The third-order valence-corrected chi connectivity index (χ3v) is 4.98. The molecule has 3 aromatic rings. The van der Waals surface area contributed by atoms with Gasteiger partial charge < -0.3 is 15.4 Å². The predicted octanol–water partition coefficient (Wildman–Crippen LogP) is 4.74. The lowest BCUT2D eigenvalue weighted by Gasteiger charge is -2.27. The molecule has 0 aliphatic carbocycles. The number of rotatable bonds is 8. The maximum absolute atomic E-state index is 13.2. The van der Waals surface area contributed by atoms with Crippen molar-refractivity contribution in [2.75, 3.05) is 31.3 Å². The predicted molar refractivity (Wildman–Crippen MR) is 123 cm³/mol. The van der Waals surface area contributed by atoms with E-state index in [1.807, 2.05) is 30.3 Å². The SMILES string of the molecule is COc1ccc(Cl)cc1NC(=O)CN(C)[C@H](C(=O)Nc1ccc(F)cc1)c1ccccc1. The summed E-state index contributed by atoms with van der Waals surface area (Å²) in [5.41, 5.74) is 1.60. The van der Waals surface area contributed by atoms with E-state index in [0.717, 1.165) is 0 Å². The van der Waals surface area contributed by atoms with Crippen LogP contribution in [0.1, 0.15) is 11.6 Å². The van der Waals surface area contributed by atoms with Gasteiger partial charge in [0.25, 0.3) is 0 Å². The number of carbonyl (C=O) groups excluding carboxylic acids is 2. The van der Waals surface area contributed by atoms with Crippen molar-refractivity contribution < 1.29 is 18.7 Å². The Morgan fingerprint density at radius 3 is 2.38 bits per heavy atom. The number of halogens is 2. The molecular weight excluding hydrogens is 433 g/mol. The molecule has 3 rings (SSSR count). The lowest BCUT2D eigenvalue weighted by Crippen LogP contribution is -2.39. The average Bonchev–Trinajstić information content (AvgIpc) is 2.76. The first-order valence-corrected chi connectivity index (χ1v) is 10.2. The highest BCUT2D eigenvalue weighted by atomic mass is 35.5. The average molecular weight is 456 g/mol. The van der Waals surface area contributed by atoms with E-state index in [9.17, 15) is 14.0 Å². The van der Waals surface area contributed by atoms with E-state index >= 15 is 0 Å². The maximum Gasteiger partial charge on any atom is 0.246 e. The molecule has 0 aromatic heterocycles. The van der Waals surface area contributed by atoms with Gasteiger partial charge in [-0.25, -0.2) is 4.39 Å². The Morgan fingerprint density at radius 2 is 1.72 bits per heavy atom. The van der Waals surface area contributed by atoms with E-state index < -0.39 is 11.9 Å². The van der Waals surface area contributed by atoms with Crippen LogP contribution in [0.3, 0.4) is 0 Å². The van der Waals surface area contributed by atoms with Crippen LogP contribution in [-0.4, -0.2) is 37.4 Å². The number of anilines is 2. The summed E-state index contributed by atoms with van der Waals surface area (Å²) < 4.78 is 18.5. The second-order valence-corrected chi connectivity index (χ2v) is 7.55. The first-order chi connectivity index (χ1) is 15.4. The number of benzene rings is 3. The molecule has 0 unspecified atom stereocenters. The summed E-state index contributed by atoms with van der Waals surface area (Å²) in [6.45, 7) is -0.0773. The summed E-state index contributed by atoms with van der Waals surface area (Å²) in [6, 6.07) is 18.7. The molecule has 0 heterocycles. The molecule has 2 N–H and O–H groups in total. The van der Waals surface area contributed by atoms with Crippen LogP contribution in [-0.2, 0) is 9.59 Å². The van der Waals surface area contributed by atoms with E-state index in [0.29, 0.717) is 27.7 Å². The highest BCUT2D eigenvalue weighted by molar-refractivity contribution is 6.31. The van der Waals surface area contributed by atoms with Gasteiger partial charge in [0.2, 0.25) is 11.8 Å². The van der Waals surface area contributed by atoms with Crippen molar-refractivity contribution in [1.29, 1.82) is 0 Å². The number of likely N-dealkylation sites (N-methyl/N-ethyl adjacent to an activating group) is 1. The van der Waals surface area contributed by atoms with Gasteiger partial charge in [0.05, 0.1) is 19.3 Å². The van der Waals surface area contributed by atoms with E-state index in [2.05, 4.69) is 10.6 Å². The fourth-order valence-corrected chi connectivity index (χ4v) is 3.44. The summed E-state index contributed by atoms with van der Waals surface area (Å²) in [7, 11) is 3.17. The largest absolute Gasteiger partial charge is 0.495 e. The summed E-state index contributed by atoms with van der Waals surface area (Å²) >= 11 is 6.03. The summed E-state index contributed by atoms with van der Waals surface area (Å²) in [5.74, 6) is -0.617. The molecule has 166 valence electrons. The first-order valence-electron chi connectivity index (χ1n) is 9.82. The van der Waals surface area contributed by atoms with Crippen LogP contribution >= 0.6 is 11.6 Å². The molecule has 32 heavy (non-hydrogen) atoms. The van der Waals surface area contributed by atoms with Crippen molar-refractivity contribution >= 4 is 34.8 Å². The lowest BCUT2D eigenvalue weighted by atomic mass is 10.0. The number of nitrogens with zero attached hydrogens (tertiary/aromatic N) is 1. The minimum absolute atomic E-state index is 0.0773. The monoisotopic (exact) mass is 455 g/mol.